The first-order chi connectivity index (χ1) is 12.3. The van der Waals surface area contributed by atoms with Crippen LogP contribution in [0.4, 0.5) is 0 Å². The summed E-state index contributed by atoms with van der Waals surface area (Å²) in [5.41, 5.74) is 3.99. The van der Waals surface area contributed by atoms with Gasteiger partial charge in [-0.25, -0.2) is 0 Å². The van der Waals surface area contributed by atoms with Gasteiger partial charge in [-0.2, -0.15) is 5.10 Å². The molecule has 0 radical (unpaired) electrons. The number of rotatable bonds is 5. The highest BCUT2D eigenvalue weighted by molar-refractivity contribution is 7.98. The molecule has 0 amide bonds. The normalized spacial score (nSPS) is 18.7. The summed E-state index contributed by atoms with van der Waals surface area (Å²) in [4.78, 5) is 3.97. The first-order valence-electron chi connectivity index (χ1n) is 9.07. The lowest BCUT2D eigenvalue weighted by Crippen LogP contribution is -2.35. The van der Waals surface area contributed by atoms with Crippen LogP contribution in [0, 0.1) is 5.92 Å². The molecular formula is C21H25N3S. The van der Waals surface area contributed by atoms with Gasteiger partial charge in [0.1, 0.15) is 0 Å². The molecule has 4 heteroatoms. The van der Waals surface area contributed by atoms with Crippen LogP contribution >= 0.6 is 11.8 Å². The van der Waals surface area contributed by atoms with E-state index in [1.54, 1.807) is 11.8 Å². The quantitative estimate of drug-likeness (QED) is 0.674. The van der Waals surface area contributed by atoms with Crippen LogP contribution < -0.4 is 0 Å². The highest BCUT2D eigenvalue weighted by Gasteiger charge is 2.20. The van der Waals surface area contributed by atoms with Crippen LogP contribution in [0.2, 0.25) is 0 Å². The minimum atomic E-state index is 0.753. The van der Waals surface area contributed by atoms with E-state index in [1.165, 1.54) is 53.8 Å². The van der Waals surface area contributed by atoms with Crippen LogP contribution in [0.3, 0.4) is 0 Å². The third-order valence-corrected chi connectivity index (χ3v) is 5.94. The molecule has 130 valence electrons. The molecule has 0 unspecified atom stereocenters. The van der Waals surface area contributed by atoms with E-state index in [-0.39, 0.29) is 0 Å². The van der Waals surface area contributed by atoms with Crippen molar-refractivity contribution in [2.24, 2.45) is 5.92 Å². The molecule has 1 atom stereocenters. The van der Waals surface area contributed by atoms with E-state index in [0.717, 1.165) is 18.0 Å². The maximum absolute atomic E-state index is 4.13. The molecule has 1 aromatic heterocycles. The van der Waals surface area contributed by atoms with E-state index >= 15 is 0 Å². The number of thioether (sulfide) groups is 1. The van der Waals surface area contributed by atoms with Gasteiger partial charge in [0.2, 0.25) is 0 Å². The fourth-order valence-corrected chi connectivity index (χ4v) is 4.31. The minimum absolute atomic E-state index is 0.753. The third kappa shape index (κ3) is 4.07. The average Bonchev–Trinajstić information content (AvgIpc) is 3.10. The van der Waals surface area contributed by atoms with Crippen molar-refractivity contribution in [2.45, 2.75) is 30.7 Å². The summed E-state index contributed by atoms with van der Waals surface area (Å²) in [6.45, 7) is 3.50. The maximum Gasteiger partial charge on any atom is 0.0650 e. The van der Waals surface area contributed by atoms with E-state index < -0.39 is 0 Å². The summed E-state index contributed by atoms with van der Waals surface area (Å²) in [5, 5.41) is 8.38. The van der Waals surface area contributed by atoms with Crippen LogP contribution in [0.15, 0.2) is 53.6 Å². The SMILES string of the molecule is CSc1ccc(CN2CCC[C@@H](Cc3ccc4[nH]ncc4c3)C2)cc1. The number of nitrogens with one attached hydrogen (secondary N) is 1. The van der Waals surface area contributed by atoms with Crippen molar-refractivity contribution >= 4 is 22.7 Å². The molecule has 0 bridgehead atoms. The molecule has 0 aliphatic carbocycles. The van der Waals surface area contributed by atoms with Gasteiger partial charge in [-0.05, 0) is 73.4 Å². The van der Waals surface area contributed by atoms with Gasteiger partial charge >= 0.3 is 0 Å². The molecule has 0 spiro atoms. The van der Waals surface area contributed by atoms with Crippen LogP contribution in [0.1, 0.15) is 24.0 Å². The van der Waals surface area contributed by atoms with Gasteiger partial charge in [0, 0.05) is 23.4 Å². The summed E-state index contributed by atoms with van der Waals surface area (Å²) < 4.78 is 0. The maximum atomic E-state index is 4.13. The molecule has 1 aliphatic heterocycles. The zero-order valence-electron chi connectivity index (χ0n) is 14.7. The summed E-state index contributed by atoms with van der Waals surface area (Å²) in [7, 11) is 0. The summed E-state index contributed by atoms with van der Waals surface area (Å²) in [6, 6.07) is 15.7. The Hall–Kier alpha value is -1.78. The molecule has 1 saturated heterocycles. The highest BCUT2D eigenvalue weighted by atomic mass is 32.2. The van der Waals surface area contributed by atoms with Crippen LogP contribution in [0.5, 0.6) is 0 Å². The van der Waals surface area contributed by atoms with E-state index in [9.17, 15) is 0 Å². The Kier molecular flexibility index (Phi) is 5.09. The molecule has 4 rings (SSSR count). The van der Waals surface area contributed by atoms with Crippen molar-refractivity contribution in [3.05, 3.63) is 59.8 Å². The Morgan fingerprint density at radius 1 is 1.16 bits per heavy atom. The van der Waals surface area contributed by atoms with E-state index in [2.05, 4.69) is 63.8 Å². The topological polar surface area (TPSA) is 31.9 Å². The second-order valence-corrected chi connectivity index (χ2v) is 7.97. The smallest absolute Gasteiger partial charge is 0.0650 e. The van der Waals surface area contributed by atoms with Crippen molar-refractivity contribution in [2.75, 3.05) is 19.3 Å². The number of hydrogen-bond acceptors (Lipinski definition) is 3. The van der Waals surface area contributed by atoms with E-state index in [4.69, 9.17) is 0 Å². The Morgan fingerprint density at radius 3 is 2.84 bits per heavy atom. The number of benzene rings is 2. The van der Waals surface area contributed by atoms with Crippen LogP contribution in [-0.4, -0.2) is 34.4 Å². The molecule has 0 saturated carbocycles. The molecule has 3 nitrogen and oxygen atoms in total. The van der Waals surface area contributed by atoms with Gasteiger partial charge in [0.05, 0.1) is 11.7 Å². The highest BCUT2D eigenvalue weighted by Crippen LogP contribution is 2.24. The number of aromatic nitrogens is 2. The van der Waals surface area contributed by atoms with Gasteiger partial charge in [-0.1, -0.05) is 18.2 Å². The van der Waals surface area contributed by atoms with Crippen molar-refractivity contribution in [1.29, 1.82) is 0 Å². The second kappa shape index (κ2) is 7.63. The number of piperidine rings is 1. The van der Waals surface area contributed by atoms with Crippen LogP contribution in [0.25, 0.3) is 10.9 Å². The van der Waals surface area contributed by atoms with Gasteiger partial charge in [-0.3, -0.25) is 10.00 Å². The van der Waals surface area contributed by atoms with Gasteiger partial charge in [0.25, 0.3) is 0 Å². The average molecular weight is 352 g/mol. The third-order valence-electron chi connectivity index (χ3n) is 5.20. The summed E-state index contributed by atoms with van der Waals surface area (Å²) in [5.74, 6) is 0.753. The molecule has 2 aromatic carbocycles. The van der Waals surface area contributed by atoms with Gasteiger partial charge in [0.15, 0.2) is 0 Å². The van der Waals surface area contributed by atoms with E-state index in [0.29, 0.717) is 0 Å². The number of aromatic amines is 1. The first-order valence-corrected chi connectivity index (χ1v) is 10.3. The predicted molar refractivity (Wildman–Crippen MR) is 106 cm³/mol. The number of hydrogen-bond donors (Lipinski definition) is 1. The monoisotopic (exact) mass is 351 g/mol. The lowest BCUT2D eigenvalue weighted by atomic mass is 9.90. The summed E-state index contributed by atoms with van der Waals surface area (Å²) in [6.07, 6.45) is 7.87. The zero-order chi connectivity index (χ0) is 17.1. The number of H-pyrrole nitrogens is 1. The van der Waals surface area contributed by atoms with Crippen molar-refractivity contribution in [3.63, 3.8) is 0 Å². The number of fused-ring (bicyclic) bond motifs is 1. The van der Waals surface area contributed by atoms with Gasteiger partial charge in [-0.15, -0.1) is 11.8 Å². The molecule has 1 aliphatic rings. The van der Waals surface area contributed by atoms with Crippen LogP contribution in [-0.2, 0) is 13.0 Å². The first kappa shape index (κ1) is 16.7. The lowest BCUT2D eigenvalue weighted by Gasteiger charge is -2.33. The molecule has 1 fully saturated rings. The predicted octanol–water partition coefficient (Wildman–Crippen LogP) is 4.74. The zero-order valence-corrected chi connectivity index (χ0v) is 15.6. The van der Waals surface area contributed by atoms with Gasteiger partial charge < -0.3 is 0 Å². The van der Waals surface area contributed by atoms with Crippen molar-refractivity contribution < 1.29 is 0 Å². The van der Waals surface area contributed by atoms with E-state index in [1.807, 2.05) is 6.20 Å². The van der Waals surface area contributed by atoms with Crippen molar-refractivity contribution in [1.82, 2.24) is 15.1 Å². The Balaban J connectivity index is 1.38. The fraction of sp³-hybridized carbons (Fsp3) is 0.381. The number of nitrogens with zero attached hydrogens (tertiary/aromatic N) is 2. The Morgan fingerprint density at radius 2 is 2.00 bits per heavy atom. The Labute approximate surface area is 153 Å². The van der Waals surface area contributed by atoms with Crippen molar-refractivity contribution in [3.8, 4) is 0 Å². The molecule has 1 N–H and O–H groups in total. The Bertz CT molecular complexity index is 825. The fourth-order valence-electron chi connectivity index (χ4n) is 3.90. The minimum Gasteiger partial charge on any atom is -0.299 e. The number of likely N-dealkylation sites (tertiary alicyclic amines) is 1. The molecular weight excluding hydrogens is 326 g/mol. The molecule has 3 aromatic rings. The molecule has 25 heavy (non-hydrogen) atoms. The standard InChI is InChI=1S/C21H25N3S/c1-25-20-7-4-16(5-8-20)14-24-10-2-3-18(15-24)11-17-6-9-21-19(12-17)13-22-23-21/h4-9,12-13,18H,2-3,10-11,14-15H2,1H3,(H,22,23)/t18-/m0/s1. The largest absolute Gasteiger partial charge is 0.299 e. The second-order valence-electron chi connectivity index (χ2n) is 7.09. The summed E-state index contributed by atoms with van der Waals surface area (Å²) >= 11 is 1.81. The molecule has 2 heterocycles. The lowest BCUT2D eigenvalue weighted by molar-refractivity contribution is 0.167.